The first kappa shape index (κ1) is 25.4. The van der Waals surface area contributed by atoms with Crippen LogP contribution >= 0.6 is 0 Å². The molecule has 0 N–H and O–H groups in total. The van der Waals surface area contributed by atoms with Crippen LogP contribution in [0.25, 0.3) is 88.5 Å². The van der Waals surface area contributed by atoms with Crippen LogP contribution in [0.1, 0.15) is 0 Å². The average molecular weight is 575 g/mol. The number of furan rings is 1. The minimum Gasteiger partial charge on any atom is -0.455 e. The fourth-order valence-corrected chi connectivity index (χ4v) is 6.49. The molecule has 0 aliphatic rings. The van der Waals surface area contributed by atoms with Crippen molar-refractivity contribution in [2.45, 2.75) is 0 Å². The first-order chi connectivity index (χ1) is 22.3. The fourth-order valence-electron chi connectivity index (χ4n) is 6.49. The molecule has 7 aromatic carbocycles. The largest absolute Gasteiger partial charge is 0.455 e. The minimum atomic E-state index is 0.686. The van der Waals surface area contributed by atoms with Crippen LogP contribution in [-0.4, -0.2) is 9.97 Å². The van der Waals surface area contributed by atoms with E-state index in [-0.39, 0.29) is 0 Å². The van der Waals surface area contributed by atoms with Crippen LogP contribution in [0, 0.1) is 0 Å². The molecule has 0 atom stereocenters. The third-order valence-corrected chi connectivity index (χ3v) is 8.67. The van der Waals surface area contributed by atoms with Crippen LogP contribution < -0.4 is 0 Å². The molecule has 0 amide bonds. The molecule has 0 aliphatic heterocycles. The molecule has 3 heteroatoms. The maximum Gasteiger partial charge on any atom is 0.160 e. The molecular weight excluding hydrogens is 548 g/mol. The number of benzene rings is 7. The smallest absolute Gasteiger partial charge is 0.160 e. The number of hydrogen-bond acceptors (Lipinski definition) is 3. The summed E-state index contributed by atoms with van der Waals surface area (Å²) in [5.41, 5.74) is 8.76. The van der Waals surface area contributed by atoms with Crippen LogP contribution in [0.15, 0.2) is 162 Å². The van der Waals surface area contributed by atoms with Crippen LogP contribution in [0.2, 0.25) is 0 Å². The summed E-state index contributed by atoms with van der Waals surface area (Å²) in [7, 11) is 0. The molecule has 0 saturated heterocycles. The van der Waals surface area contributed by atoms with Crippen molar-refractivity contribution in [3.8, 4) is 45.0 Å². The molecule has 2 heterocycles. The fraction of sp³-hybridized carbons (Fsp3) is 0. The van der Waals surface area contributed by atoms with Gasteiger partial charge < -0.3 is 4.42 Å². The highest BCUT2D eigenvalue weighted by Crippen LogP contribution is 2.41. The van der Waals surface area contributed by atoms with E-state index in [0.29, 0.717) is 5.82 Å². The molecule has 9 rings (SSSR count). The van der Waals surface area contributed by atoms with E-state index < -0.39 is 0 Å². The molecular formula is C42H26N2O. The molecule has 0 saturated carbocycles. The van der Waals surface area contributed by atoms with Gasteiger partial charge in [0.2, 0.25) is 0 Å². The average Bonchev–Trinajstić information content (AvgIpc) is 3.51. The first-order valence-electron chi connectivity index (χ1n) is 15.2. The van der Waals surface area contributed by atoms with Crippen molar-refractivity contribution in [2.24, 2.45) is 0 Å². The van der Waals surface area contributed by atoms with Crippen LogP contribution in [-0.2, 0) is 0 Å². The Morgan fingerprint density at radius 2 is 0.956 bits per heavy atom. The SMILES string of the molecule is c1ccc(-c2cc(-c3ccccc3)nc(-c3cccc(-c4cccc5c4oc4c5ccc5ccc6ccccc6c54)c3)n2)cc1. The predicted molar refractivity (Wildman–Crippen MR) is 186 cm³/mol. The number of rotatable bonds is 4. The lowest BCUT2D eigenvalue weighted by Crippen LogP contribution is -1.96. The van der Waals surface area contributed by atoms with Gasteiger partial charge in [-0.05, 0) is 39.9 Å². The Balaban J connectivity index is 1.23. The van der Waals surface area contributed by atoms with Gasteiger partial charge in [-0.2, -0.15) is 0 Å². The topological polar surface area (TPSA) is 38.9 Å². The van der Waals surface area contributed by atoms with E-state index in [1.807, 2.05) is 36.4 Å². The minimum absolute atomic E-state index is 0.686. The Bertz CT molecular complexity index is 2470. The zero-order valence-corrected chi connectivity index (χ0v) is 24.3. The lowest BCUT2D eigenvalue weighted by atomic mass is 9.98. The van der Waals surface area contributed by atoms with E-state index in [9.17, 15) is 0 Å². The van der Waals surface area contributed by atoms with Crippen molar-refractivity contribution in [1.82, 2.24) is 9.97 Å². The number of fused-ring (bicyclic) bond motifs is 7. The standard InChI is InChI=1S/C42H26N2O/c1-3-12-28(13-4-1)37-26-38(29-14-5-2-6-15-29)44-42(43-37)32-17-9-16-31(25-32)34-19-10-20-35-36-24-23-30-22-21-27-11-7-8-18-33(27)39(30)41(36)45-40(34)35/h1-26H. The van der Waals surface area contributed by atoms with E-state index in [1.54, 1.807) is 0 Å². The summed E-state index contributed by atoms with van der Waals surface area (Å²) in [6.45, 7) is 0. The van der Waals surface area contributed by atoms with Gasteiger partial charge >= 0.3 is 0 Å². The molecule has 2 aromatic heterocycles. The van der Waals surface area contributed by atoms with Crippen LogP contribution in [0.5, 0.6) is 0 Å². The highest BCUT2D eigenvalue weighted by atomic mass is 16.3. The van der Waals surface area contributed by atoms with Crippen molar-refractivity contribution >= 4 is 43.5 Å². The van der Waals surface area contributed by atoms with Crippen molar-refractivity contribution in [3.05, 3.63) is 158 Å². The molecule has 45 heavy (non-hydrogen) atoms. The van der Waals surface area contributed by atoms with Crippen molar-refractivity contribution in [2.75, 3.05) is 0 Å². The zero-order chi connectivity index (χ0) is 29.7. The van der Waals surface area contributed by atoms with Gasteiger partial charge in [-0.1, -0.05) is 140 Å². The molecule has 0 spiro atoms. The third kappa shape index (κ3) is 4.29. The van der Waals surface area contributed by atoms with E-state index in [2.05, 4.69) is 121 Å². The third-order valence-electron chi connectivity index (χ3n) is 8.67. The molecule has 0 aliphatic carbocycles. The lowest BCUT2D eigenvalue weighted by molar-refractivity contribution is 0.674. The van der Waals surface area contributed by atoms with Crippen molar-refractivity contribution in [1.29, 1.82) is 0 Å². The Kier molecular flexibility index (Phi) is 5.82. The molecule has 3 nitrogen and oxygen atoms in total. The van der Waals surface area contributed by atoms with E-state index in [1.165, 1.54) is 16.2 Å². The molecule has 0 unspecified atom stereocenters. The van der Waals surface area contributed by atoms with Crippen molar-refractivity contribution in [3.63, 3.8) is 0 Å². The molecule has 9 aromatic rings. The zero-order valence-electron chi connectivity index (χ0n) is 24.3. The van der Waals surface area contributed by atoms with Crippen molar-refractivity contribution < 1.29 is 4.42 Å². The normalized spacial score (nSPS) is 11.6. The predicted octanol–water partition coefficient (Wildman–Crippen LogP) is 11.4. The van der Waals surface area contributed by atoms with E-state index >= 15 is 0 Å². The maximum absolute atomic E-state index is 6.83. The number of para-hydroxylation sites is 1. The van der Waals surface area contributed by atoms with Crippen LogP contribution in [0.4, 0.5) is 0 Å². The summed E-state index contributed by atoms with van der Waals surface area (Å²) in [5, 5.41) is 6.97. The summed E-state index contributed by atoms with van der Waals surface area (Å²) in [4.78, 5) is 10.1. The summed E-state index contributed by atoms with van der Waals surface area (Å²) >= 11 is 0. The Hall–Kier alpha value is -6.06. The van der Waals surface area contributed by atoms with Gasteiger partial charge in [0.15, 0.2) is 5.82 Å². The highest BCUT2D eigenvalue weighted by Gasteiger charge is 2.17. The van der Waals surface area contributed by atoms with Gasteiger partial charge in [0.05, 0.1) is 11.4 Å². The second-order valence-electron chi connectivity index (χ2n) is 11.4. The molecule has 0 bridgehead atoms. The monoisotopic (exact) mass is 574 g/mol. The summed E-state index contributed by atoms with van der Waals surface area (Å²) < 4.78 is 6.83. The second-order valence-corrected chi connectivity index (χ2v) is 11.4. The van der Waals surface area contributed by atoms with Gasteiger partial charge in [0.25, 0.3) is 0 Å². The molecule has 210 valence electrons. The second kappa shape index (κ2) is 10.3. The van der Waals surface area contributed by atoms with Gasteiger partial charge in [0, 0.05) is 38.4 Å². The van der Waals surface area contributed by atoms with E-state index in [4.69, 9.17) is 14.4 Å². The van der Waals surface area contributed by atoms with E-state index in [0.717, 1.165) is 66.5 Å². The quantitative estimate of drug-likeness (QED) is 0.196. The Morgan fingerprint density at radius 1 is 0.378 bits per heavy atom. The summed E-state index contributed by atoms with van der Waals surface area (Å²) in [6.07, 6.45) is 0. The maximum atomic E-state index is 6.83. The summed E-state index contributed by atoms with van der Waals surface area (Å²) in [5.74, 6) is 0.686. The Morgan fingerprint density at radius 3 is 1.73 bits per heavy atom. The van der Waals surface area contributed by atoms with Gasteiger partial charge in [-0.15, -0.1) is 0 Å². The van der Waals surface area contributed by atoms with Crippen LogP contribution in [0.3, 0.4) is 0 Å². The number of aromatic nitrogens is 2. The van der Waals surface area contributed by atoms with Gasteiger partial charge in [0.1, 0.15) is 11.2 Å². The molecule has 0 fully saturated rings. The number of hydrogen-bond donors (Lipinski definition) is 0. The Labute approximate surface area is 260 Å². The van der Waals surface area contributed by atoms with Gasteiger partial charge in [-0.25, -0.2) is 9.97 Å². The highest BCUT2D eigenvalue weighted by molar-refractivity contribution is 6.23. The number of nitrogens with zero attached hydrogens (tertiary/aromatic N) is 2. The first-order valence-corrected chi connectivity index (χ1v) is 15.2. The lowest BCUT2D eigenvalue weighted by Gasteiger charge is -2.10. The molecule has 0 radical (unpaired) electrons. The summed E-state index contributed by atoms with van der Waals surface area (Å²) in [6, 6.07) is 54.8. The van der Waals surface area contributed by atoms with Gasteiger partial charge in [-0.3, -0.25) is 0 Å².